The molecule has 0 aliphatic carbocycles. The Morgan fingerprint density at radius 3 is 2.95 bits per heavy atom. The smallest absolute Gasteiger partial charge is 0.274 e. The molecule has 0 radical (unpaired) electrons. The van der Waals surface area contributed by atoms with Gasteiger partial charge in [-0.15, -0.1) is 11.3 Å². The summed E-state index contributed by atoms with van der Waals surface area (Å²) in [4.78, 5) is 16.9. The third-order valence-electron chi connectivity index (χ3n) is 3.47. The summed E-state index contributed by atoms with van der Waals surface area (Å²) >= 11 is 9.01. The molecule has 0 unspecified atom stereocenters. The summed E-state index contributed by atoms with van der Waals surface area (Å²) in [5, 5.41) is 6.12. The topological polar surface area (TPSA) is 46.9 Å². The first-order chi connectivity index (χ1) is 10.6. The van der Waals surface area contributed by atoms with Crippen molar-refractivity contribution in [1.29, 1.82) is 0 Å². The molecule has 0 saturated heterocycles. The number of carbonyl (C=O) groups excluding carboxylic acids is 1. The first kappa shape index (κ1) is 13.8. The molecule has 3 heterocycles. The highest BCUT2D eigenvalue weighted by Gasteiger charge is 2.16. The first-order valence-corrected chi connectivity index (χ1v) is 8.59. The number of anilines is 1. The summed E-state index contributed by atoms with van der Waals surface area (Å²) in [5.41, 5.74) is 2.52. The summed E-state index contributed by atoms with van der Waals surface area (Å²) < 4.78 is 3.95. The first-order valence-electron chi connectivity index (χ1n) is 6.52. The molecule has 1 N–H and O–H groups in total. The van der Waals surface area contributed by atoms with E-state index in [2.05, 4.69) is 10.3 Å². The highest BCUT2D eigenvalue weighted by Crippen LogP contribution is 2.29. The average Bonchev–Trinajstić information content (AvgIpc) is 3.14. The van der Waals surface area contributed by atoms with Crippen LogP contribution in [0.25, 0.3) is 20.4 Å². The Hall–Kier alpha value is -1.89. The van der Waals surface area contributed by atoms with E-state index >= 15 is 0 Å². The number of aryl methyl sites for hydroxylation is 1. The van der Waals surface area contributed by atoms with Crippen LogP contribution in [-0.4, -0.2) is 15.5 Å². The van der Waals surface area contributed by atoms with Crippen LogP contribution < -0.4 is 5.32 Å². The Labute approximate surface area is 139 Å². The second-order valence-electron chi connectivity index (χ2n) is 4.84. The number of amides is 1. The van der Waals surface area contributed by atoms with Crippen LogP contribution in [0, 0.1) is 0 Å². The van der Waals surface area contributed by atoms with Crippen LogP contribution in [0.2, 0.25) is 5.02 Å². The molecule has 0 spiro atoms. The number of nitrogens with one attached hydrogen (secondary N) is 1. The zero-order chi connectivity index (χ0) is 15.3. The van der Waals surface area contributed by atoms with Gasteiger partial charge in [0.1, 0.15) is 5.69 Å². The van der Waals surface area contributed by atoms with Crippen molar-refractivity contribution in [2.75, 3.05) is 5.32 Å². The van der Waals surface area contributed by atoms with E-state index in [1.54, 1.807) is 17.4 Å². The summed E-state index contributed by atoms with van der Waals surface area (Å²) in [7, 11) is 1.89. The van der Waals surface area contributed by atoms with Gasteiger partial charge in [-0.25, -0.2) is 4.98 Å². The second-order valence-corrected chi connectivity index (χ2v) is 7.26. The van der Waals surface area contributed by atoms with Crippen LogP contribution in [0.3, 0.4) is 0 Å². The van der Waals surface area contributed by atoms with Crippen molar-refractivity contribution < 1.29 is 4.79 Å². The zero-order valence-corrected chi connectivity index (χ0v) is 13.9. The van der Waals surface area contributed by atoms with Crippen molar-refractivity contribution in [3.8, 4) is 0 Å². The average molecular weight is 348 g/mol. The van der Waals surface area contributed by atoms with Gasteiger partial charge < -0.3 is 4.57 Å². The quantitative estimate of drug-likeness (QED) is 0.568. The van der Waals surface area contributed by atoms with Gasteiger partial charge in [-0.05, 0) is 35.7 Å². The van der Waals surface area contributed by atoms with Crippen molar-refractivity contribution in [2.24, 2.45) is 7.05 Å². The molecule has 0 aliphatic rings. The summed E-state index contributed by atoms with van der Waals surface area (Å²) in [6.45, 7) is 0. The lowest BCUT2D eigenvalue weighted by Crippen LogP contribution is -2.15. The Balaban J connectivity index is 1.67. The molecule has 1 amide bonds. The maximum absolute atomic E-state index is 12.5. The van der Waals surface area contributed by atoms with Gasteiger partial charge in [-0.3, -0.25) is 10.1 Å². The molecule has 3 aromatic heterocycles. The molecule has 0 fully saturated rings. The summed E-state index contributed by atoms with van der Waals surface area (Å²) in [6.07, 6.45) is 0. The van der Waals surface area contributed by atoms with Crippen molar-refractivity contribution >= 4 is 65.7 Å². The monoisotopic (exact) mass is 347 g/mol. The van der Waals surface area contributed by atoms with E-state index < -0.39 is 0 Å². The fourth-order valence-corrected chi connectivity index (χ4v) is 4.37. The van der Waals surface area contributed by atoms with Gasteiger partial charge in [0, 0.05) is 12.1 Å². The number of thiophene rings is 1. The molecule has 0 saturated carbocycles. The van der Waals surface area contributed by atoms with Crippen molar-refractivity contribution in [1.82, 2.24) is 9.55 Å². The fourth-order valence-electron chi connectivity index (χ4n) is 2.38. The van der Waals surface area contributed by atoms with Gasteiger partial charge in [0.25, 0.3) is 5.91 Å². The van der Waals surface area contributed by atoms with Gasteiger partial charge in [0.15, 0.2) is 5.13 Å². The van der Waals surface area contributed by atoms with Gasteiger partial charge >= 0.3 is 0 Å². The Morgan fingerprint density at radius 1 is 1.27 bits per heavy atom. The Morgan fingerprint density at radius 2 is 2.14 bits per heavy atom. The minimum atomic E-state index is -0.156. The lowest BCUT2D eigenvalue weighted by atomic mass is 10.3. The number of hydrogen-bond donors (Lipinski definition) is 1. The number of benzene rings is 1. The third kappa shape index (κ3) is 2.20. The molecular weight excluding hydrogens is 338 g/mol. The van der Waals surface area contributed by atoms with Crippen molar-refractivity contribution in [2.45, 2.75) is 0 Å². The van der Waals surface area contributed by atoms with Gasteiger partial charge in [0.2, 0.25) is 0 Å². The normalized spacial score (nSPS) is 11.4. The SMILES string of the molecule is Cn1c(C(=O)Nc2nc3ccc(Cl)cc3s2)cc2sccc21. The number of thiazole rings is 1. The predicted octanol–water partition coefficient (Wildman–Crippen LogP) is 4.76. The molecule has 110 valence electrons. The van der Waals surface area contributed by atoms with Crippen LogP contribution in [0.4, 0.5) is 5.13 Å². The largest absolute Gasteiger partial charge is 0.339 e. The summed E-state index contributed by atoms with van der Waals surface area (Å²) in [5.74, 6) is -0.156. The van der Waals surface area contributed by atoms with Crippen molar-refractivity contribution in [3.05, 3.63) is 46.4 Å². The van der Waals surface area contributed by atoms with E-state index in [4.69, 9.17) is 11.6 Å². The molecule has 4 nitrogen and oxygen atoms in total. The molecule has 4 rings (SSSR count). The minimum Gasteiger partial charge on any atom is -0.339 e. The fraction of sp³-hybridized carbons (Fsp3) is 0.0667. The Kier molecular flexibility index (Phi) is 3.18. The second kappa shape index (κ2) is 5.08. The maximum atomic E-state index is 12.5. The number of fused-ring (bicyclic) bond motifs is 2. The number of rotatable bonds is 2. The number of hydrogen-bond acceptors (Lipinski definition) is 4. The lowest BCUT2D eigenvalue weighted by Gasteiger charge is -2.03. The summed E-state index contributed by atoms with van der Waals surface area (Å²) in [6, 6.07) is 9.40. The van der Waals surface area contributed by atoms with Gasteiger partial charge in [0.05, 0.1) is 20.4 Å². The van der Waals surface area contributed by atoms with Crippen LogP contribution in [0.15, 0.2) is 35.7 Å². The van der Waals surface area contributed by atoms with E-state index in [9.17, 15) is 4.79 Å². The van der Waals surface area contributed by atoms with E-state index in [-0.39, 0.29) is 5.91 Å². The van der Waals surface area contributed by atoms with Crippen molar-refractivity contribution in [3.63, 3.8) is 0 Å². The van der Waals surface area contributed by atoms with Crippen LogP contribution >= 0.6 is 34.3 Å². The number of carbonyl (C=O) groups is 1. The molecular formula is C15H10ClN3OS2. The zero-order valence-electron chi connectivity index (χ0n) is 11.5. The molecule has 1 aromatic carbocycles. The molecule has 4 aromatic rings. The lowest BCUT2D eigenvalue weighted by molar-refractivity contribution is 0.102. The number of halogens is 1. The van der Waals surface area contributed by atoms with Crippen LogP contribution in [0.5, 0.6) is 0 Å². The van der Waals surface area contributed by atoms with Gasteiger partial charge in [-0.2, -0.15) is 0 Å². The third-order valence-corrected chi connectivity index (χ3v) is 5.49. The van der Waals surface area contributed by atoms with Crippen LogP contribution in [-0.2, 0) is 7.05 Å². The number of aromatic nitrogens is 2. The molecule has 0 bridgehead atoms. The van der Waals surface area contributed by atoms with E-state index in [0.717, 1.165) is 20.4 Å². The highest BCUT2D eigenvalue weighted by molar-refractivity contribution is 7.22. The molecule has 0 atom stereocenters. The molecule has 7 heteroatoms. The highest BCUT2D eigenvalue weighted by atomic mass is 35.5. The molecule has 22 heavy (non-hydrogen) atoms. The minimum absolute atomic E-state index is 0.156. The van der Waals surface area contributed by atoms with Gasteiger partial charge in [-0.1, -0.05) is 22.9 Å². The van der Waals surface area contributed by atoms with E-state index in [1.807, 2.05) is 41.3 Å². The predicted molar refractivity (Wildman–Crippen MR) is 93.4 cm³/mol. The van der Waals surface area contributed by atoms with E-state index in [0.29, 0.717) is 15.8 Å². The Bertz CT molecular complexity index is 1010. The standard InChI is InChI=1S/C15H10ClN3OS2/c1-19-10-4-5-21-13(10)7-11(19)14(20)18-15-17-9-3-2-8(16)6-12(9)22-15/h2-7H,1H3,(H,17,18,20). The number of nitrogens with zero attached hydrogens (tertiary/aromatic N) is 2. The van der Waals surface area contributed by atoms with Crippen LogP contribution in [0.1, 0.15) is 10.5 Å². The molecule has 0 aliphatic heterocycles. The maximum Gasteiger partial charge on any atom is 0.274 e. The van der Waals surface area contributed by atoms with E-state index in [1.165, 1.54) is 11.3 Å².